The molecule has 0 bridgehead atoms. The molecule has 0 N–H and O–H groups in total. The van der Waals surface area contributed by atoms with Crippen LogP contribution >= 0.6 is 0 Å². The zero-order chi connectivity index (χ0) is 25.9. The van der Waals surface area contributed by atoms with Gasteiger partial charge in [0.1, 0.15) is 11.3 Å². The highest BCUT2D eigenvalue weighted by molar-refractivity contribution is 5.94. The average Bonchev–Trinajstić information content (AvgIpc) is 2.80. The summed E-state index contributed by atoms with van der Waals surface area (Å²) in [6, 6.07) is 5.50. The lowest BCUT2D eigenvalue weighted by Gasteiger charge is -2.13. The fourth-order valence-electron chi connectivity index (χ4n) is 3.26. The average molecular weight is 495 g/mol. The van der Waals surface area contributed by atoms with Gasteiger partial charge >= 0.3 is 18.1 Å². The van der Waals surface area contributed by atoms with E-state index in [2.05, 4.69) is 36.0 Å². The van der Waals surface area contributed by atoms with Gasteiger partial charge in [-0.1, -0.05) is 69.0 Å². The van der Waals surface area contributed by atoms with Gasteiger partial charge in [-0.25, -0.2) is 4.79 Å². The second-order valence-electron chi connectivity index (χ2n) is 8.21. The summed E-state index contributed by atoms with van der Waals surface area (Å²) in [5, 5.41) is 0. The molecule has 0 radical (unpaired) electrons. The van der Waals surface area contributed by atoms with Crippen LogP contribution in [-0.4, -0.2) is 18.1 Å². The van der Waals surface area contributed by atoms with Crippen LogP contribution in [0.15, 0.2) is 60.4 Å². The summed E-state index contributed by atoms with van der Waals surface area (Å²) in [6.45, 7) is 3.32. The van der Waals surface area contributed by atoms with Crippen molar-refractivity contribution >= 4 is 11.9 Å². The summed E-state index contributed by atoms with van der Waals surface area (Å²) in [7, 11) is 0. The number of ether oxygens (including phenoxy) is 2. The van der Waals surface area contributed by atoms with Crippen molar-refractivity contribution in [1.82, 2.24) is 0 Å². The van der Waals surface area contributed by atoms with Gasteiger partial charge in [0.05, 0.1) is 0 Å². The first-order valence-corrected chi connectivity index (χ1v) is 12.3. The van der Waals surface area contributed by atoms with Gasteiger partial charge in [0.25, 0.3) is 0 Å². The number of para-hydroxylation sites is 1. The Balaban J connectivity index is 2.40. The largest absolute Gasteiger partial charge is 0.449 e. The summed E-state index contributed by atoms with van der Waals surface area (Å²) in [5.41, 5.74) is -0.252. The first kappa shape index (κ1) is 30.2. The molecule has 194 valence electrons. The molecule has 4 nitrogen and oxygen atoms in total. The van der Waals surface area contributed by atoms with Gasteiger partial charge < -0.3 is 9.47 Å². The SMILES string of the molecule is CCCCC/C=C\C/C=C\CCCCCC/C=C(/OC(=O)c1ccccc1OC(C)=O)C(F)(F)F. The van der Waals surface area contributed by atoms with E-state index < -0.39 is 23.9 Å². The number of hydrogen-bond donors (Lipinski definition) is 0. The van der Waals surface area contributed by atoms with E-state index in [9.17, 15) is 22.8 Å². The predicted molar refractivity (Wildman–Crippen MR) is 132 cm³/mol. The van der Waals surface area contributed by atoms with Crippen LogP contribution in [-0.2, 0) is 9.53 Å². The lowest BCUT2D eigenvalue weighted by atomic mass is 10.1. The van der Waals surface area contributed by atoms with Crippen LogP contribution in [0.3, 0.4) is 0 Å². The molecule has 0 saturated heterocycles. The van der Waals surface area contributed by atoms with Crippen molar-refractivity contribution in [3.8, 4) is 5.75 Å². The smallest absolute Gasteiger partial charge is 0.426 e. The third kappa shape index (κ3) is 14.2. The zero-order valence-electron chi connectivity index (χ0n) is 20.7. The maximum Gasteiger partial charge on any atom is 0.449 e. The summed E-state index contributed by atoms with van der Waals surface area (Å²) < 4.78 is 49.5. The van der Waals surface area contributed by atoms with Gasteiger partial charge in [-0.2, -0.15) is 13.2 Å². The van der Waals surface area contributed by atoms with Crippen molar-refractivity contribution in [3.05, 3.63) is 66.0 Å². The molecular weight excluding hydrogens is 457 g/mol. The number of rotatable bonds is 16. The van der Waals surface area contributed by atoms with Crippen LogP contribution in [0.4, 0.5) is 13.2 Å². The van der Waals surface area contributed by atoms with Gasteiger partial charge in [0.15, 0.2) is 0 Å². The highest BCUT2D eigenvalue weighted by atomic mass is 19.4. The molecule has 0 saturated carbocycles. The number of carbonyl (C=O) groups excluding carboxylic acids is 2. The summed E-state index contributed by atoms with van der Waals surface area (Å²) in [6.07, 6.45) is 14.9. The first-order valence-electron chi connectivity index (χ1n) is 12.3. The van der Waals surface area contributed by atoms with E-state index in [1.165, 1.54) is 43.5 Å². The van der Waals surface area contributed by atoms with Crippen LogP contribution < -0.4 is 4.74 Å². The Morgan fingerprint density at radius 3 is 2.06 bits per heavy atom. The zero-order valence-corrected chi connectivity index (χ0v) is 20.7. The van der Waals surface area contributed by atoms with Crippen molar-refractivity contribution in [2.24, 2.45) is 0 Å². The van der Waals surface area contributed by atoms with E-state index in [0.717, 1.165) is 51.5 Å². The Bertz CT molecular complexity index is 854. The van der Waals surface area contributed by atoms with Crippen LogP contribution in [0.5, 0.6) is 5.75 Å². The Kier molecular flexibility index (Phi) is 15.2. The summed E-state index contributed by atoms with van der Waals surface area (Å²) in [5.74, 6) is -3.43. The van der Waals surface area contributed by atoms with E-state index in [1.807, 2.05) is 0 Å². The van der Waals surface area contributed by atoms with Crippen molar-refractivity contribution in [2.45, 2.75) is 90.7 Å². The van der Waals surface area contributed by atoms with E-state index in [-0.39, 0.29) is 17.7 Å². The van der Waals surface area contributed by atoms with Crippen molar-refractivity contribution in [3.63, 3.8) is 0 Å². The highest BCUT2D eigenvalue weighted by Gasteiger charge is 2.37. The molecule has 0 spiro atoms. The fraction of sp³-hybridized carbons (Fsp3) is 0.500. The lowest BCUT2D eigenvalue weighted by molar-refractivity contribution is -0.132. The minimum absolute atomic E-state index is 0.145. The molecular formula is C28H37F3O4. The van der Waals surface area contributed by atoms with Crippen molar-refractivity contribution in [1.29, 1.82) is 0 Å². The molecule has 7 heteroatoms. The number of carbonyl (C=O) groups is 2. The second-order valence-corrected chi connectivity index (χ2v) is 8.21. The Morgan fingerprint density at radius 2 is 1.46 bits per heavy atom. The minimum Gasteiger partial charge on any atom is -0.426 e. The molecule has 0 amide bonds. The van der Waals surface area contributed by atoms with Gasteiger partial charge in [-0.05, 0) is 63.2 Å². The van der Waals surface area contributed by atoms with E-state index in [0.29, 0.717) is 6.42 Å². The molecule has 0 unspecified atom stereocenters. The molecule has 0 aliphatic heterocycles. The first-order chi connectivity index (χ1) is 16.8. The topological polar surface area (TPSA) is 52.6 Å². The van der Waals surface area contributed by atoms with Gasteiger partial charge in [-0.15, -0.1) is 0 Å². The molecule has 0 heterocycles. The van der Waals surface area contributed by atoms with Crippen LogP contribution in [0.2, 0.25) is 0 Å². The third-order valence-corrected chi connectivity index (χ3v) is 5.08. The predicted octanol–water partition coefficient (Wildman–Crippen LogP) is 8.64. The monoisotopic (exact) mass is 494 g/mol. The number of halogens is 3. The molecule has 1 aromatic carbocycles. The molecule has 35 heavy (non-hydrogen) atoms. The normalized spacial score (nSPS) is 12.4. The summed E-state index contributed by atoms with van der Waals surface area (Å²) >= 11 is 0. The molecule has 1 rings (SSSR count). The maximum atomic E-state index is 13.3. The Hall–Kier alpha value is -2.83. The maximum absolute atomic E-state index is 13.3. The van der Waals surface area contributed by atoms with Crippen LogP contribution in [0.25, 0.3) is 0 Å². The van der Waals surface area contributed by atoms with Crippen molar-refractivity contribution in [2.75, 3.05) is 0 Å². The van der Waals surface area contributed by atoms with Gasteiger partial charge in [0.2, 0.25) is 5.76 Å². The molecule has 1 aromatic rings. The molecule has 0 aliphatic rings. The second kappa shape index (κ2) is 17.6. The lowest BCUT2D eigenvalue weighted by Crippen LogP contribution is -2.19. The van der Waals surface area contributed by atoms with E-state index in [1.54, 1.807) is 0 Å². The van der Waals surface area contributed by atoms with Crippen LogP contribution in [0.1, 0.15) is 94.8 Å². The van der Waals surface area contributed by atoms with Crippen LogP contribution in [0, 0.1) is 0 Å². The molecule has 0 aromatic heterocycles. The molecule has 0 aliphatic carbocycles. The standard InChI is InChI=1S/C28H37F3O4/c1-3-4-5-6-7-8-9-10-11-12-13-14-15-16-17-22-26(28(29,30)31)35-27(33)24-20-18-19-21-25(24)34-23(2)32/h7-8,10-11,18-22H,3-6,9,12-17H2,1-2H3/b8-7-,11-10-,26-22+. The number of esters is 2. The number of unbranched alkanes of at least 4 members (excludes halogenated alkanes) is 8. The number of benzene rings is 1. The molecule has 0 fully saturated rings. The number of allylic oxidation sites excluding steroid dienone is 6. The fourth-order valence-corrected chi connectivity index (χ4v) is 3.26. The van der Waals surface area contributed by atoms with Crippen molar-refractivity contribution < 1.29 is 32.2 Å². The Labute approximate surface area is 206 Å². The van der Waals surface area contributed by atoms with Gasteiger partial charge in [-0.3, -0.25) is 4.79 Å². The van der Waals surface area contributed by atoms with E-state index >= 15 is 0 Å². The quantitative estimate of drug-likeness (QED) is 0.0759. The number of hydrogen-bond acceptors (Lipinski definition) is 4. The summed E-state index contributed by atoms with van der Waals surface area (Å²) in [4.78, 5) is 23.5. The number of alkyl halides is 3. The van der Waals surface area contributed by atoms with Gasteiger partial charge in [0, 0.05) is 6.92 Å². The van der Waals surface area contributed by atoms with E-state index in [4.69, 9.17) is 4.74 Å². The third-order valence-electron chi connectivity index (χ3n) is 5.08. The Morgan fingerprint density at radius 1 is 0.857 bits per heavy atom. The molecule has 0 atom stereocenters. The minimum atomic E-state index is -4.80. The highest BCUT2D eigenvalue weighted by Crippen LogP contribution is 2.29.